The molecule has 0 spiro atoms. The van der Waals surface area contributed by atoms with Crippen molar-refractivity contribution in [2.75, 3.05) is 16.8 Å². The number of hydrogen-bond acceptors (Lipinski definition) is 2. The van der Waals surface area contributed by atoms with E-state index in [1.165, 1.54) is 28.8 Å². The van der Waals surface area contributed by atoms with E-state index in [-0.39, 0.29) is 17.1 Å². The molecule has 4 heteroatoms. The Kier molecular flexibility index (Phi) is 5.27. The lowest BCUT2D eigenvalue weighted by Gasteiger charge is -2.33. The Labute approximate surface area is 161 Å². The van der Waals surface area contributed by atoms with Crippen LogP contribution in [-0.4, -0.2) is 12.5 Å². The Hall–Kier alpha value is -2.36. The summed E-state index contributed by atoms with van der Waals surface area (Å²) in [5, 5.41) is 3.14. The first kappa shape index (κ1) is 19.4. The third kappa shape index (κ3) is 4.49. The number of benzene rings is 2. The predicted molar refractivity (Wildman–Crippen MR) is 110 cm³/mol. The number of amides is 1. The molecule has 1 heterocycles. The van der Waals surface area contributed by atoms with Crippen molar-refractivity contribution in [3.05, 3.63) is 58.4 Å². The van der Waals surface area contributed by atoms with Crippen molar-refractivity contribution in [1.29, 1.82) is 0 Å². The Morgan fingerprint density at radius 1 is 1.19 bits per heavy atom. The molecule has 1 aliphatic heterocycles. The van der Waals surface area contributed by atoms with Crippen LogP contribution in [0.5, 0.6) is 0 Å². The lowest BCUT2D eigenvalue weighted by Crippen LogP contribution is -2.31. The largest absolute Gasteiger partial charge is 0.367 e. The van der Waals surface area contributed by atoms with E-state index in [2.05, 4.69) is 50.9 Å². The molecule has 0 bridgehead atoms. The van der Waals surface area contributed by atoms with Crippen LogP contribution < -0.4 is 10.2 Å². The average molecular weight is 368 g/mol. The van der Waals surface area contributed by atoms with Gasteiger partial charge in [-0.1, -0.05) is 26.8 Å². The maximum absolute atomic E-state index is 13.2. The summed E-state index contributed by atoms with van der Waals surface area (Å²) in [4.78, 5) is 14.7. The number of halogens is 1. The highest BCUT2D eigenvalue weighted by Crippen LogP contribution is 2.33. The minimum atomic E-state index is -0.210. The summed E-state index contributed by atoms with van der Waals surface area (Å²) < 4.78 is 13.2. The van der Waals surface area contributed by atoms with E-state index in [4.69, 9.17) is 0 Å². The number of carbonyl (C=O) groups is 1. The lowest BCUT2D eigenvalue weighted by atomic mass is 9.90. The maximum Gasteiger partial charge on any atom is 0.224 e. The fraction of sp³-hybridized carbons (Fsp3) is 0.435. The summed E-state index contributed by atoms with van der Waals surface area (Å²) in [5.74, 6) is -0.143. The molecule has 0 aromatic heterocycles. The van der Waals surface area contributed by atoms with E-state index in [9.17, 15) is 9.18 Å². The van der Waals surface area contributed by atoms with E-state index < -0.39 is 0 Å². The zero-order valence-electron chi connectivity index (χ0n) is 16.9. The number of rotatable bonds is 3. The van der Waals surface area contributed by atoms with Gasteiger partial charge in [-0.3, -0.25) is 4.79 Å². The van der Waals surface area contributed by atoms with Gasteiger partial charge in [0.25, 0.3) is 0 Å². The van der Waals surface area contributed by atoms with E-state index >= 15 is 0 Å². The number of hydrogen-bond donors (Lipinski definition) is 1. The molecule has 2 aromatic carbocycles. The zero-order valence-corrected chi connectivity index (χ0v) is 16.9. The number of anilines is 2. The van der Waals surface area contributed by atoms with Crippen molar-refractivity contribution in [1.82, 2.24) is 0 Å². The smallest absolute Gasteiger partial charge is 0.224 e. The molecule has 1 N–H and O–H groups in total. The van der Waals surface area contributed by atoms with Crippen LogP contribution in [0.15, 0.2) is 30.3 Å². The summed E-state index contributed by atoms with van der Waals surface area (Å²) in [7, 11) is 0. The van der Waals surface area contributed by atoms with Crippen molar-refractivity contribution in [2.45, 2.75) is 54.0 Å². The highest BCUT2D eigenvalue weighted by molar-refractivity contribution is 5.93. The summed E-state index contributed by atoms with van der Waals surface area (Å²) in [6.45, 7) is 12.1. The van der Waals surface area contributed by atoms with Crippen LogP contribution in [0, 0.1) is 25.1 Å². The molecule has 0 saturated carbocycles. The molecule has 0 radical (unpaired) electrons. The minimum absolute atomic E-state index is 0.0320. The number of nitrogens with one attached hydrogen (secondary N) is 1. The van der Waals surface area contributed by atoms with Gasteiger partial charge in [0.05, 0.1) is 0 Å². The molecule has 144 valence electrons. The maximum atomic E-state index is 13.2. The monoisotopic (exact) mass is 368 g/mol. The van der Waals surface area contributed by atoms with Crippen LogP contribution >= 0.6 is 0 Å². The van der Waals surface area contributed by atoms with Crippen LogP contribution in [0.2, 0.25) is 0 Å². The minimum Gasteiger partial charge on any atom is -0.367 e. The van der Waals surface area contributed by atoms with Gasteiger partial charge in [-0.15, -0.1) is 0 Å². The lowest BCUT2D eigenvalue weighted by molar-refractivity contribution is -0.117. The summed E-state index contributed by atoms with van der Waals surface area (Å²) in [6.07, 6.45) is 1.42. The number of nitrogens with zero attached hydrogens (tertiary/aromatic N) is 1. The molecule has 1 amide bonds. The van der Waals surface area contributed by atoms with E-state index in [1.807, 2.05) is 12.1 Å². The van der Waals surface area contributed by atoms with Crippen molar-refractivity contribution in [3.63, 3.8) is 0 Å². The molecule has 0 saturated heterocycles. The third-order valence-electron chi connectivity index (χ3n) is 5.14. The average Bonchev–Trinajstić information content (AvgIpc) is 2.57. The fourth-order valence-electron chi connectivity index (χ4n) is 3.86. The second-order valence-corrected chi connectivity index (χ2v) is 8.76. The molecule has 1 aliphatic rings. The molecule has 2 aromatic rings. The fourth-order valence-corrected chi connectivity index (χ4v) is 3.86. The Morgan fingerprint density at radius 2 is 1.85 bits per heavy atom. The van der Waals surface area contributed by atoms with Crippen LogP contribution in [0.1, 0.15) is 49.4 Å². The van der Waals surface area contributed by atoms with Crippen molar-refractivity contribution >= 4 is 17.3 Å². The van der Waals surface area contributed by atoms with Gasteiger partial charge >= 0.3 is 0 Å². The molecule has 0 fully saturated rings. The van der Waals surface area contributed by atoms with Crippen molar-refractivity contribution in [2.24, 2.45) is 5.41 Å². The molecule has 27 heavy (non-hydrogen) atoms. The highest BCUT2D eigenvalue weighted by Gasteiger charge is 2.23. The van der Waals surface area contributed by atoms with E-state index in [0.717, 1.165) is 36.4 Å². The van der Waals surface area contributed by atoms with E-state index in [1.54, 1.807) is 0 Å². The van der Waals surface area contributed by atoms with Gasteiger partial charge < -0.3 is 10.2 Å². The number of fused-ring (bicyclic) bond motifs is 1. The van der Waals surface area contributed by atoms with Crippen LogP contribution in [0.3, 0.4) is 0 Å². The molecule has 3 nitrogen and oxygen atoms in total. The second-order valence-electron chi connectivity index (χ2n) is 8.76. The Bertz CT molecular complexity index is 850. The topological polar surface area (TPSA) is 32.3 Å². The summed E-state index contributed by atoms with van der Waals surface area (Å²) >= 11 is 0. The standard InChI is InChI=1S/C23H29FN2O/c1-15-12-17-14-26(19-8-6-18(24)7-9-19)11-10-20(17)16(2)22(15)25-21(27)13-23(3,4)5/h6-9,12H,10-11,13-14H2,1-5H3,(H,25,27). The predicted octanol–water partition coefficient (Wildman–Crippen LogP) is 5.38. The normalized spacial score (nSPS) is 14.1. The second kappa shape index (κ2) is 7.34. The van der Waals surface area contributed by atoms with Gasteiger partial charge in [0.15, 0.2) is 0 Å². The number of aryl methyl sites for hydroxylation is 1. The first-order valence-electron chi connectivity index (χ1n) is 9.56. The molecular weight excluding hydrogens is 339 g/mol. The summed E-state index contributed by atoms with van der Waals surface area (Å²) in [6, 6.07) is 8.87. The van der Waals surface area contributed by atoms with Crippen LogP contribution in [-0.2, 0) is 17.8 Å². The quantitative estimate of drug-likeness (QED) is 0.789. The molecule has 3 rings (SSSR count). The van der Waals surface area contributed by atoms with Crippen LogP contribution in [0.4, 0.5) is 15.8 Å². The molecular formula is C23H29FN2O. The van der Waals surface area contributed by atoms with Crippen LogP contribution in [0.25, 0.3) is 0 Å². The Balaban J connectivity index is 1.83. The van der Waals surface area contributed by atoms with Gasteiger partial charge in [0.1, 0.15) is 5.82 Å². The Morgan fingerprint density at radius 3 is 2.48 bits per heavy atom. The van der Waals surface area contributed by atoms with Crippen molar-refractivity contribution < 1.29 is 9.18 Å². The van der Waals surface area contributed by atoms with Gasteiger partial charge in [-0.05, 0) is 72.2 Å². The van der Waals surface area contributed by atoms with Gasteiger partial charge in [-0.25, -0.2) is 4.39 Å². The SMILES string of the molecule is Cc1cc2c(c(C)c1NC(=O)CC(C)(C)C)CCN(c1ccc(F)cc1)C2. The highest BCUT2D eigenvalue weighted by atomic mass is 19.1. The van der Waals surface area contributed by atoms with E-state index in [0.29, 0.717) is 6.42 Å². The molecule has 0 atom stereocenters. The first-order chi connectivity index (χ1) is 12.6. The van der Waals surface area contributed by atoms with Gasteiger partial charge in [0, 0.05) is 30.9 Å². The zero-order chi connectivity index (χ0) is 19.8. The first-order valence-corrected chi connectivity index (χ1v) is 9.56. The third-order valence-corrected chi connectivity index (χ3v) is 5.14. The van der Waals surface area contributed by atoms with Gasteiger partial charge in [-0.2, -0.15) is 0 Å². The van der Waals surface area contributed by atoms with Crippen molar-refractivity contribution in [3.8, 4) is 0 Å². The number of carbonyl (C=O) groups excluding carboxylic acids is 1. The summed E-state index contributed by atoms with van der Waals surface area (Å²) in [5.41, 5.74) is 6.84. The van der Waals surface area contributed by atoms with Gasteiger partial charge in [0.2, 0.25) is 5.91 Å². The molecule has 0 aliphatic carbocycles. The molecule has 0 unspecified atom stereocenters.